The fourth-order valence-electron chi connectivity index (χ4n) is 0. The van der Waals surface area contributed by atoms with Gasteiger partial charge in [0.15, 0.2) is 0 Å². The summed E-state index contributed by atoms with van der Waals surface area (Å²) >= 11 is 7.07. The summed E-state index contributed by atoms with van der Waals surface area (Å²) in [4.78, 5) is 15.7. The molecule has 2 nitrogen and oxygen atoms in total. The molecule has 0 unspecified atom stereocenters. The predicted molar refractivity (Wildman–Crippen MR) is 27.7 cm³/mol. The first-order valence-electron chi connectivity index (χ1n) is 0.783. The first-order valence-corrected chi connectivity index (χ1v) is 4.64. The van der Waals surface area contributed by atoms with E-state index in [1.165, 1.54) is 0 Å². The molecule has 0 amide bonds. The van der Waals surface area contributed by atoms with Crippen LogP contribution in [0.15, 0.2) is 0 Å². The zero-order valence-electron chi connectivity index (χ0n) is 2.70. The van der Waals surface area contributed by atoms with Crippen molar-refractivity contribution < 1.29 is 31.5 Å². The molecule has 0 aliphatic rings. The molecule has 6 heavy (non-hydrogen) atoms. The fourth-order valence-corrected chi connectivity index (χ4v) is 0. The molecule has 0 fully saturated rings. The molecule has 0 radical (unpaired) electrons. The van der Waals surface area contributed by atoms with E-state index in [1.54, 1.807) is 0 Å². The van der Waals surface area contributed by atoms with E-state index in [0.29, 0.717) is 0 Å². The molecule has 6 heteroatoms. The minimum absolute atomic E-state index is 0. The molecule has 36 valence electrons. The van der Waals surface area contributed by atoms with Crippen molar-refractivity contribution in [3.05, 3.63) is 0 Å². The molecule has 0 aliphatic carbocycles. The normalized spacial score (nSPS) is 9.83. The molecule has 0 saturated carbocycles. The van der Waals surface area contributed by atoms with E-state index >= 15 is 0 Å². The maximum absolute atomic E-state index is 7.87. The first kappa shape index (κ1) is 10.6. The second kappa shape index (κ2) is 3.61. The van der Waals surface area contributed by atoms with E-state index in [4.69, 9.17) is 9.79 Å². The molecule has 0 bridgehead atoms. The minimum Gasteiger partial charge on any atom is -0.338 e. The van der Waals surface area contributed by atoms with Crippen molar-refractivity contribution in [2.75, 3.05) is 0 Å². The molecule has 0 aliphatic heterocycles. The van der Waals surface area contributed by atoms with Gasteiger partial charge in [-0.1, -0.05) is 12.2 Å². The van der Waals surface area contributed by atoms with E-state index in [-0.39, 0.29) is 21.7 Å². The van der Waals surface area contributed by atoms with Crippen LogP contribution in [0.2, 0.25) is 0 Å². The summed E-state index contributed by atoms with van der Waals surface area (Å²) in [6.45, 7) is 0. The van der Waals surface area contributed by atoms with E-state index in [9.17, 15) is 0 Å². The average molecular weight is 178 g/mol. The minimum atomic E-state index is -3.11. The van der Waals surface area contributed by atoms with Crippen LogP contribution in [0.5, 0.6) is 0 Å². The van der Waals surface area contributed by atoms with Crippen molar-refractivity contribution >= 4 is 29.7 Å². The van der Waals surface area contributed by atoms with Crippen LogP contribution in [0.1, 0.15) is 0 Å². The van der Waals surface area contributed by atoms with Crippen molar-refractivity contribution in [2.24, 2.45) is 0 Å². The third kappa shape index (κ3) is 45.3. The van der Waals surface area contributed by atoms with E-state index in [1.807, 2.05) is 0 Å². The van der Waals surface area contributed by atoms with Gasteiger partial charge >= 0.3 is 0 Å². The summed E-state index contributed by atoms with van der Waals surface area (Å²) in [5.74, 6) is 0. The Morgan fingerprint density at radius 3 is 1.50 bits per heavy atom. The molecule has 0 saturated heterocycles. The molecular formula is H3O2PS2Ti. The van der Waals surface area contributed by atoms with Crippen LogP contribution < -0.4 is 0 Å². The topological polar surface area (TPSA) is 40.5 Å². The Kier molecular flexibility index (Phi) is 6.37. The van der Waals surface area contributed by atoms with E-state index in [0.717, 1.165) is 0 Å². The molecule has 0 spiro atoms. The van der Waals surface area contributed by atoms with Gasteiger partial charge in [0, 0.05) is 21.7 Å². The smallest absolute Gasteiger partial charge is 0.239 e. The summed E-state index contributed by atoms with van der Waals surface area (Å²) in [5.41, 5.74) is -3.11. The molecule has 0 atom stereocenters. The van der Waals surface area contributed by atoms with Crippen molar-refractivity contribution in [1.29, 1.82) is 0 Å². The third-order valence-corrected chi connectivity index (χ3v) is 0. The Morgan fingerprint density at radius 2 is 1.50 bits per heavy atom. The third-order valence-electron chi connectivity index (χ3n) is 0. The van der Waals surface area contributed by atoms with Crippen molar-refractivity contribution in [3.8, 4) is 0 Å². The van der Waals surface area contributed by atoms with Crippen molar-refractivity contribution in [2.45, 2.75) is 0 Å². The largest absolute Gasteiger partial charge is 0.338 e. The fraction of sp³-hybridized carbons (Fsp3) is 0. The Balaban J connectivity index is 0. The van der Waals surface area contributed by atoms with Gasteiger partial charge in [0.05, 0.1) is 0 Å². The van der Waals surface area contributed by atoms with Crippen LogP contribution in [0, 0.1) is 0 Å². The van der Waals surface area contributed by atoms with Gasteiger partial charge in [-0.05, 0) is 11.8 Å². The predicted octanol–water partition coefficient (Wildman–Crippen LogP) is 0.123. The summed E-state index contributed by atoms with van der Waals surface area (Å²) in [7, 11) is 0. The Morgan fingerprint density at radius 1 is 1.50 bits per heavy atom. The number of rotatable bonds is 0. The number of hydrogen-bond acceptors (Lipinski definition) is 1. The number of thiol groups is 1. The van der Waals surface area contributed by atoms with Crippen LogP contribution in [0.25, 0.3) is 0 Å². The van der Waals surface area contributed by atoms with Crippen LogP contribution in [0.3, 0.4) is 0 Å². The van der Waals surface area contributed by atoms with E-state index < -0.39 is 5.69 Å². The second-order valence-electron chi connectivity index (χ2n) is 0.513. The molecule has 0 aromatic rings. The monoisotopic (exact) mass is 178 g/mol. The van der Waals surface area contributed by atoms with Crippen LogP contribution >= 0.6 is 17.9 Å². The Labute approximate surface area is 61.2 Å². The van der Waals surface area contributed by atoms with Gasteiger partial charge in [0.2, 0.25) is 5.69 Å². The van der Waals surface area contributed by atoms with Gasteiger partial charge in [-0.2, -0.15) is 0 Å². The maximum atomic E-state index is 7.87. The summed E-state index contributed by atoms with van der Waals surface area (Å²) in [6.07, 6.45) is 0. The van der Waals surface area contributed by atoms with Gasteiger partial charge in [-0.3, -0.25) is 0 Å². The average Bonchev–Trinajstić information content (AvgIpc) is 0.722. The van der Waals surface area contributed by atoms with Crippen LogP contribution in [0.4, 0.5) is 0 Å². The first-order chi connectivity index (χ1) is 2.00. The van der Waals surface area contributed by atoms with Gasteiger partial charge in [-0.15, -0.1) is 0 Å². The molecular weight excluding hydrogens is 175 g/mol. The van der Waals surface area contributed by atoms with Crippen molar-refractivity contribution in [1.82, 2.24) is 0 Å². The summed E-state index contributed by atoms with van der Waals surface area (Å²) in [6, 6.07) is 0. The number of hydrogen-bond donors (Lipinski definition) is 3. The maximum Gasteiger partial charge on any atom is 0.239 e. The van der Waals surface area contributed by atoms with E-state index in [2.05, 4.69) is 24.1 Å². The van der Waals surface area contributed by atoms with Gasteiger partial charge < -0.3 is 9.79 Å². The summed E-state index contributed by atoms with van der Waals surface area (Å²) < 4.78 is 0. The molecule has 0 rings (SSSR count). The van der Waals surface area contributed by atoms with Gasteiger partial charge in [-0.25, -0.2) is 0 Å². The van der Waals surface area contributed by atoms with Crippen molar-refractivity contribution in [3.63, 3.8) is 0 Å². The quantitative estimate of drug-likeness (QED) is 0.280. The molecule has 0 heterocycles. The molecule has 0 aromatic carbocycles. The zero-order chi connectivity index (χ0) is 4.50. The zero-order valence-corrected chi connectivity index (χ0v) is 6.86. The summed E-state index contributed by atoms with van der Waals surface area (Å²) in [5, 5.41) is 0. The van der Waals surface area contributed by atoms with Crippen LogP contribution in [-0.2, 0) is 33.5 Å². The van der Waals surface area contributed by atoms with Gasteiger partial charge in [0.25, 0.3) is 0 Å². The molecule has 0 aromatic heterocycles. The standard InChI is InChI=1S/H3O2PS2.Ti/c1-3(2,4)5;/h(H3,1,2,4,5);. The van der Waals surface area contributed by atoms with Gasteiger partial charge in [0.1, 0.15) is 0 Å². The SMILES string of the molecule is OP(O)(=S)S.[Ti]. The second-order valence-corrected chi connectivity index (χ2v) is 5.55. The molecule has 2 N–H and O–H groups in total. The van der Waals surface area contributed by atoms with Crippen LogP contribution in [-0.4, -0.2) is 9.79 Å². The Hall–Kier alpha value is 1.63. The Bertz CT molecular complexity index is 57.7.